The summed E-state index contributed by atoms with van der Waals surface area (Å²) in [5.74, 6) is -0.692. The molecule has 7 heteroatoms. The van der Waals surface area contributed by atoms with Gasteiger partial charge in [0.2, 0.25) is 5.91 Å². The van der Waals surface area contributed by atoms with Gasteiger partial charge in [0.15, 0.2) is 0 Å². The predicted molar refractivity (Wildman–Crippen MR) is 108 cm³/mol. The van der Waals surface area contributed by atoms with E-state index >= 15 is 0 Å². The van der Waals surface area contributed by atoms with Gasteiger partial charge in [0, 0.05) is 37.4 Å². The highest BCUT2D eigenvalue weighted by Gasteiger charge is 2.21. The van der Waals surface area contributed by atoms with Crippen molar-refractivity contribution < 1.29 is 14.0 Å². The number of amides is 2. The van der Waals surface area contributed by atoms with Gasteiger partial charge < -0.3 is 10.2 Å². The first kappa shape index (κ1) is 20.3. The van der Waals surface area contributed by atoms with E-state index in [9.17, 15) is 14.0 Å². The largest absolute Gasteiger partial charge is 0.337 e. The molecule has 1 fully saturated rings. The van der Waals surface area contributed by atoms with Gasteiger partial charge >= 0.3 is 0 Å². The number of nitrogens with one attached hydrogen (secondary N) is 1. The number of rotatable bonds is 4. The van der Waals surface area contributed by atoms with Gasteiger partial charge in [-0.05, 0) is 43.7 Å². The zero-order valence-electron chi connectivity index (χ0n) is 15.8. The smallest absolute Gasteiger partial charge is 0.253 e. The van der Waals surface area contributed by atoms with Crippen LogP contribution < -0.4 is 5.32 Å². The third kappa shape index (κ3) is 5.30. The van der Waals surface area contributed by atoms with Crippen molar-refractivity contribution in [3.05, 3.63) is 64.4 Å². The lowest BCUT2D eigenvalue weighted by atomic mass is 10.1. The topological polar surface area (TPSA) is 52.7 Å². The summed E-state index contributed by atoms with van der Waals surface area (Å²) in [5.41, 5.74) is 2.21. The molecular formula is C21H23ClFN3O2. The molecule has 2 aromatic carbocycles. The van der Waals surface area contributed by atoms with Crippen LogP contribution in [0.2, 0.25) is 5.02 Å². The number of hydrogen-bond acceptors (Lipinski definition) is 3. The van der Waals surface area contributed by atoms with Crippen molar-refractivity contribution >= 4 is 29.1 Å². The first-order valence-corrected chi connectivity index (χ1v) is 9.63. The summed E-state index contributed by atoms with van der Waals surface area (Å²) in [6, 6.07) is 11.7. The number of aryl methyl sites for hydroxylation is 1. The molecule has 2 amide bonds. The molecule has 1 heterocycles. The van der Waals surface area contributed by atoms with Crippen molar-refractivity contribution in [3.63, 3.8) is 0 Å². The summed E-state index contributed by atoms with van der Waals surface area (Å²) in [6.07, 6.45) is 0.799. The third-order valence-corrected chi connectivity index (χ3v) is 5.00. The van der Waals surface area contributed by atoms with E-state index in [1.54, 1.807) is 0 Å². The minimum Gasteiger partial charge on any atom is -0.337 e. The molecule has 2 aromatic rings. The molecule has 5 nitrogen and oxygen atoms in total. The Morgan fingerprint density at radius 3 is 2.68 bits per heavy atom. The second-order valence-electron chi connectivity index (χ2n) is 6.97. The fourth-order valence-corrected chi connectivity index (χ4v) is 3.45. The molecule has 1 aliphatic heterocycles. The van der Waals surface area contributed by atoms with Crippen LogP contribution in [-0.2, 0) is 4.79 Å². The van der Waals surface area contributed by atoms with E-state index in [2.05, 4.69) is 5.32 Å². The zero-order valence-corrected chi connectivity index (χ0v) is 16.5. The molecule has 0 unspecified atom stereocenters. The van der Waals surface area contributed by atoms with Crippen LogP contribution in [0, 0.1) is 12.7 Å². The Balaban J connectivity index is 1.54. The van der Waals surface area contributed by atoms with E-state index in [0.717, 1.165) is 18.5 Å². The van der Waals surface area contributed by atoms with Crippen LogP contribution in [0.5, 0.6) is 0 Å². The van der Waals surface area contributed by atoms with Crippen LogP contribution in [0.3, 0.4) is 0 Å². The predicted octanol–water partition coefficient (Wildman–Crippen LogP) is 3.57. The molecule has 0 aliphatic carbocycles. The first-order chi connectivity index (χ1) is 13.4. The molecule has 0 radical (unpaired) electrons. The highest BCUT2D eigenvalue weighted by atomic mass is 35.5. The Morgan fingerprint density at radius 2 is 1.93 bits per heavy atom. The number of carbonyl (C=O) groups excluding carboxylic acids is 2. The average Bonchev–Trinajstić information content (AvgIpc) is 2.89. The van der Waals surface area contributed by atoms with Crippen LogP contribution in [0.4, 0.5) is 10.1 Å². The molecule has 0 saturated carbocycles. The van der Waals surface area contributed by atoms with Gasteiger partial charge in [0.05, 0.1) is 11.6 Å². The SMILES string of the molecule is Cc1cccc(C(=O)N2CCCN(CC(=O)Nc3ccc(F)c(Cl)c3)CC2)c1. The number of nitrogens with zero attached hydrogens (tertiary/aromatic N) is 2. The van der Waals surface area contributed by atoms with Crippen LogP contribution >= 0.6 is 11.6 Å². The molecule has 0 aromatic heterocycles. The first-order valence-electron chi connectivity index (χ1n) is 9.25. The van der Waals surface area contributed by atoms with Gasteiger partial charge in [0.1, 0.15) is 5.82 Å². The van der Waals surface area contributed by atoms with Crippen molar-refractivity contribution in [1.82, 2.24) is 9.80 Å². The van der Waals surface area contributed by atoms with E-state index in [1.807, 2.05) is 41.0 Å². The van der Waals surface area contributed by atoms with E-state index < -0.39 is 5.82 Å². The van der Waals surface area contributed by atoms with Gasteiger partial charge in [-0.2, -0.15) is 0 Å². The summed E-state index contributed by atoms with van der Waals surface area (Å²) in [4.78, 5) is 28.9. The maximum atomic E-state index is 13.2. The molecule has 3 rings (SSSR count). The molecule has 148 valence electrons. The molecular weight excluding hydrogens is 381 g/mol. The lowest BCUT2D eigenvalue weighted by Crippen LogP contribution is -2.38. The Morgan fingerprint density at radius 1 is 1.11 bits per heavy atom. The Hall–Kier alpha value is -2.44. The van der Waals surface area contributed by atoms with Crippen LogP contribution in [0.15, 0.2) is 42.5 Å². The van der Waals surface area contributed by atoms with E-state index in [4.69, 9.17) is 11.6 Å². The maximum Gasteiger partial charge on any atom is 0.253 e. The molecule has 28 heavy (non-hydrogen) atoms. The molecule has 1 N–H and O–H groups in total. The Kier molecular flexibility index (Phi) is 6.65. The normalized spacial score (nSPS) is 15.2. The van der Waals surface area contributed by atoms with E-state index in [-0.39, 0.29) is 23.4 Å². The zero-order chi connectivity index (χ0) is 20.1. The third-order valence-electron chi connectivity index (χ3n) is 4.71. The number of hydrogen-bond donors (Lipinski definition) is 1. The quantitative estimate of drug-likeness (QED) is 0.849. The monoisotopic (exact) mass is 403 g/mol. The van der Waals surface area contributed by atoms with Crippen molar-refractivity contribution in [1.29, 1.82) is 0 Å². The number of halogens is 2. The average molecular weight is 404 g/mol. The van der Waals surface area contributed by atoms with Gasteiger partial charge in [-0.25, -0.2) is 4.39 Å². The molecule has 0 atom stereocenters. The summed E-state index contributed by atoms with van der Waals surface area (Å²) in [7, 11) is 0. The Labute approximate surface area is 169 Å². The van der Waals surface area contributed by atoms with Crippen molar-refractivity contribution in [3.8, 4) is 0 Å². The van der Waals surface area contributed by atoms with Crippen molar-refractivity contribution in [2.24, 2.45) is 0 Å². The van der Waals surface area contributed by atoms with Crippen LogP contribution in [0.25, 0.3) is 0 Å². The van der Waals surface area contributed by atoms with Gasteiger partial charge in [0.25, 0.3) is 5.91 Å². The minimum atomic E-state index is -0.523. The summed E-state index contributed by atoms with van der Waals surface area (Å²) in [6.45, 7) is 4.76. The number of benzene rings is 2. The number of carbonyl (C=O) groups is 2. The molecule has 0 bridgehead atoms. The minimum absolute atomic E-state index is 0.0240. The van der Waals surface area contributed by atoms with Crippen LogP contribution in [-0.4, -0.2) is 54.3 Å². The van der Waals surface area contributed by atoms with Gasteiger partial charge in [-0.1, -0.05) is 29.3 Å². The molecule has 1 saturated heterocycles. The molecule has 0 spiro atoms. The van der Waals surface area contributed by atoms with E-state index in [1.165, 1.54) is 18.2 Å². The van der Waals surface area contributed by atoms with E-state index in [0.29, 0.717) is 30.9 Å². The fourth-order valence-electron chi connectivity index (χ4n) is 3.27. The van der Waals surface area contributed by atoms with Crippen molar-refractivity contribution in [2.45, 2.75) is 13.3 Å². The molecule has 1 aliphatic rings. The lowest BCUT2D eigenvalue weighted by Gasteiger charge is -2.22. The summed E-state index contributed by atoms with van der Waals surface area (Å²) < 4.78 is 13.2. The van der Waals surface area contributed by atoms with Gasteiger partial charge in [-0.3, -0.25) is 14.5 Å². The maximum absolute atomic E-state index is 13.2. The standard InChI is InChI=1S/C21H23ClFN3O2/c1-15-4-2-5-16(12-15)21(28)26-9-3-8-25(10-11-26)14-20(27)24-17-6-7-19(23)18(22)13-17/h2,4-7,12-13H,3,8-11,14H2,1H3,(H,24,27). The highest BCUT2D eigenvalue weighted by molar-refractivity contribution is 6.31. The summed E-state index contributed by atoms with van der Waals surface area (Å²) in [5, 5.41) is 2.70. The lowest BCUT2D eigenvalue weighted by molar-refractivity contribution is -0.117. The van der Waals surface area contributed by atoms with Crippen molar-refractivity contribution in [2.75, 3.05) is 38.0 Å². The second-order valence-corrected chi connectivity index (χ2v) is 7.38. The summed E-state index contributed by atoms with van der Waals surface area (Å²) >= 11 is 5.74. The highest BCUT2D eigenvalue weighted by Crippen LogP contribution is 2.19. The van der Waals surface area contributed by atoms with Crippen LogP contribution in [0.1, 0.15) is 22.3 Å². The van der Waals surface area contributed by atoms with Gasteiger partial charge in [-0.15, -0.1) is 0 Å². The Bertz CT molecular complexity index is 874. The number of anilines is 1. The fraction of sp³-hybridized carbons (Fsp3) is 0.333. The second kappa shape index (κ2) is 9.17.